The molecule has 0 atom stereocenters. The predicted octanol–water partition coefficient (Wildman–Crippen LogP) is 2.17. The Morgan fingerprint density at radius 3 is 2.65 bits per heavy atom. The summed E-state index contributed by atoms with van der Waals surface area (Å²) in [5.74, 6) is 0. The van der Waals surface area contributed by atoms with Gasteiger partial charge in [0.05, 0.1) is 16.0 Å². The summed E-state index contributed by atoms with van der Waals surface area (Å²) in [5.41, 5.74) is -0.374. The fraction of sp³-hybridized carbons (Fsp3) is 0.364. The average Bonchev–Trinajstić information content (AvgIpc) is 2.38. The maximum absolute atomic E-state index is 12.4. The number of nitro groups is 1. The predicted molar refractivity (Wildman–Crippen MR) is 72.8 cm³/mol. The van der Waals surface area contributed by atoms with Crippen molar-refractivity contribution in [1.29, 1.82) is 5.26 Å². The Kier molecular flexibility index (Phi) is 5.44. The Morgan fingerprint density at radius 2 is 2.15 bits per heavy atom. The van der Waals surface area contributed by atoms with Crippen molar-refractivity contribution in [2.45, 2.75) is 18.2 Å². The smallest absolute Gasteiger partial charge is 0.258 e. The monoisotopic (exact) mass is 317 g/mol. The van der Waals surface area contributed by atoms with Crippen LogP contribution in [0.5, 0.6) is 0 Å². The van der Waals surface area contributed by atoms with E-state index < -0.39 is 14.9 Å². The van der Waals surface area contributed by atoms with Gasteiger partial charge >= 0.3 is 0 Å². The molecule has 0 aliphatic rings. The Morgan fingerprint density at radius 1 is 1.50 bits per heavy atom. The molecule has 20 heavy (non-hydrogen) atoms. The van der Waals surface area contributed by atoms with Gasteiger partial charge < -0.3 is 0 Å². The number of rotatable bonds is 6. The van der Waals surface area contributed by atoms with Crippen molar-refractivity contribution in [3.05, 3.63) is 33.3 Å². The largest absolute Gasteiger partial charge is 0.270 e. The van der Waals surface area contributed by atoms with E-state index in [0.717, 1.165) is 22.5 Å². The molecule has 0 radical (unpaired) electrons. The van der Waals surface area contributed by atoms with Crippen LogP contribution in [0.4, 0.5) is 5.69 Å². The maximum atomic E-state index is 12.4. The number of hydrogen-bond donors (Lipinski definition) is 0. The first-order chi connectivity index (χ1) is 9.34. The summed E-state index contributed by atoms with van der Waals surface area (Å²) >= 11 is 5.82. The molecule has 0 bridgehead atoms. The number of nitrogens with zero attached hydrogens (tertiary/aromatic N) is 3. The minimum atomic E-state index is -4.04. The molecule has 7 nitrogen and oxygen atoms in total. The highest BCUT2D eigenvalue weighted by atomic mass is 35.5. The molecule has 1 aromatic rings. The highest BCUT2D eigenvalue weighted by molar-refractivity contribution is 7.89. The summed E-state index contributed by atoms with van der Waals surface area (Å²) in [6.45, 7) is 1.55. The molecule has 1 aromatic carbocycles. The molecular weight excluding hydrogens is 306 g/mol. The van der Waals surface area contributed by atoms with Crippen LogP contribution in [-0.2, 0) is 10.0 Å². The molecule has 0 aliphatic heterocycles. The van der Waals surface area contributed by atoms with E-state index in [1.54, 1.807) is 13.0 Å². The number of nitro benzene ring substituents is 1. The van der Waals surface area contributed by atoms with Gasteiger partial charge in [0.15, 0.2) is 0 Å². The Balaban J connectivity index is 3.36. The van der Waals surface area contributed by atoms with Gasteiger partial charge in [-0.25, -0.2) is 8.42 Å². The zero-order valence-electron chi connectivity index (χ0n) is 10.6. The summed E-state index contributed by atoms with van der Waals surface area (Å²) in [7, 11) is -4.04. The van der Waals surface area contributed by atoms with Crippen LogP contribution in [0.1, 0.15) is 13.3 Å². The summed E-state index contributed by atoms with van der Waals surface area (Å²) in [4.78, 5) is 9.65. The third-order valence-corrected chi connectivity index (χ3v) is 4.79. The van der Waals surface area contributed by atoms with E-state index >= 15 is 0 Å². The van der Waals surface area contributed by atoms with Gasteiger partial charge in [-0.05, 0) is 12.5 Å². The molecule has 9 heteroatoms. The molecular formula is C11H12ClN3O4S. The first-order valence-corrected chi connectivity index (χ1v) is 7.47. The standard InChI is InChI=1S/C11H12ClN3O4S/c1-2-6-14(7-5-13)20(18,19)11-8-9(15(16)17)3-4-10(11)12/h3-4,8H,2,6-7H2,1H3. The second-order valence-corrected chi connectivity index (χ2v) is 6.18. The zero-order valence-corrected chi connectivity index (χ0v) is 12.2. The molecule has 1 rings (SSSR count). The molecule has 0 fully saturated rings. The molecule has 0 aliphatic carbocycles. The molecule has 0 aromatic heterocycles. The topological polar surface area (TPSA) is 104 Å². The van der Waals surface area contributed by atoms with Gasteiger partial charge in [0.25, 0.3) is 5.69 Å². The van der Waals surface area contributed by atoms with Gasteiger partial charge in [-0.3, -0.25) is 10.1 Å². The van der Waals surface area contributed by atoms with Gasteiger partial charge in [-0.2, -0.15) is 9.57 Å². The molecule has 108 valence electrons. The summed E-state index contributed by atoms with van der Waals surface area (Å²) in [6.07, 6.45) is 0.507. The van der Waals surface area contributed by atoms with Crippen molar-refractivity contribution in [2.75, 3.05) is 13.1 Å². The third-order valence-electron chi connectivity index (χ3n) is 2.46. The van der Waals surface area contributed by atoms with Gasteiger partial charge in [0.2, 0.25) is 10.0 Å². The lowest BCUT2D eigenvalue weighted by Gasteiger charge is -2.19. The van der Waals surface area contributed by atoms with E-state index in [1.807, 2.05) is 0 Å². The van der Waals surface area contributed by atoms with E-state index in [-0.39, 0.29) is 28.7 Å². The van der Waals surface area contributed by atoms with Crippen molar-refractivity contribution in [2.24, 2.45) is 0 Å². The van der Waals surface area contributed by atoms with Gasteiger partial charge in [-0.1, -0.05) is 18.5 Å². The van der Waals surface area contributed by atoms with Gasteiger partial charge in [-0.15, -0.1) is 0 Å². The van der Waals surface area contributed by atoms with E-state index in [4.69, 9.17) is 16.9 Å². The molecule has 0 spiro atoms. The second kappa shape index (κ2) is 6.65. The summed E-state index contributed by atoms with van der Waals surface area (Å²) < 4.78 is 25.7. The number of non-ortho nitro benzene ring substituents is 1. The minimum absolute atomic E-state index is 0.116. The van der Waals surface area contributed by atoms with Crippen LogP contribution < -0.4 is 0 Å². The Labute approximate surface area is 121 Å². The van der Waals surface area contributed by atoms with Crippen LogP contribution in [0, 0.1) is 21.4 Å². The normalized spacial score (nSPS) is 11.3. The molecule has 0 heterocycles. The van der Waals surface area contributed by atoms with E-state index in [0.29, 0.717) is 6.42 Å². The molecule has 0 saturated carbocycles. The van der Waals surface area contributed by atoms with Crippen molar-refractivity contribution >= 4 is 27.3 Å². The van der Waals surface area contributed by atoms with Crippen LogP contribution in [0.15, 0.2) is 23.1 Å². The summed E-state index contributed by atoms with van der Waals surface area (Å²) in [5, 5.41) is 19.3. The number of sulfonamides is 1. The van der Waals surface area contributed by atoms with Crippen LogP contribution >= 0.6 is 11.6 Å². The Hall–Kier alpha value is -1.69. The van der Waals surface area contributed by atoms with Crippen LogP contribution in [0.2, 0.25) is 5.02 Å². The maximum Gasteiger partial charge on any atom is 0.270 e. The lowest BCUT2D eigenvalue weighted by Crippen LogP contribution is -2.32. The van der Waals surface area contributed by atoms with E-state index in [1.165, 1.54) is 0 Å². The highest BCUT2D eigenvalue weighted by Gasteiger charge is 2.27. The first kappa shape index (κ1) is 16.4. The van der Waals surface area contributed by atoms with Crippen molar-refractivity contribution in [3.63, 3.8) is 0 Å². The number of benzene rings is 1. The van der Waals surface area contributed by atoms with Gasteiger partial charge in [0.1, 0.15) is 11.4 Å². The Bertz CT molecular complexity index is 654. The van der Waals surface area contributed by atoms with E-state index in [2.05, 4.69) is 0 Å². The number of nitriles is 1. The van der Waals surface area contributed by atoms with Crippen molar-refractivity contribution in [1.82, 2.24) is 4.31 Å². The fourth-order valence-corrected chi connectivity index (χ4v) is 3.48. The van der Waals surface area contributed by atoms with Crippen LogP contribution in [0.3, 0.4) is 0 Å². The first-order valence-electron chi connectivity index (χ1n) is 5.65. The average molecular weight is 318 g/mol. The molecule has 0 N–H and O–H groups in total. The number of hydrogen-bond acceptors (Lipinski definition) is 5. The lowest BCUT2D eigenvalue weighted by molar-refractivity contribution is -0.385. The molecule has 0 unspecified atom stereocenters. The van der Waals surface area contributed by atoms with Crippen molar-refractivity contribution < 1.29 is 13.3 Å². The van der Waals surface area contributed by atoms with Crippen molar-refractivity contribution in [3.8, 4) is 6.07 Å². The molecule has 0 saturated heterocycles. The number of halogens is 1. The SMILES string of the molecule is CCCN(CC#N)S(=O)(=O)c1cc([N+](=O)[O-])ccc1Cl. The third kappa shape index (κ3) is 3.45. The summed E-state index contributed by atoms with van der Waals surface area (Å²) in [6, 6.07) is 4.93. The lowest BCUT2D eigenvalue weighted by atomic mass is 10.3. The molecule has 0 amide bonds. The van der Waals surface area contributed by atoms with Crippen LogP contribution in [-0.4, -0.2) is 30.7 Å². The second-order valence-electron chi connectivity index (χ2n) is 3.87. The highest BCUT2D eigenvalue weighted by Crippen LogP contribution is 2.28. The quantitative estimate of drug-likeness (QED) is 0.454. The zero-order chi connectivity index (χ0) is 15.3. The van der Waals surface area contributed by atoms with Crippen LogP contribution in [0.25, 0.3) is 0 Å². The minimum Gasteiger partial charge on any atom is -0.258 e. The van der Waals surface area contributed by atoms with Gasteiger partial charge in [0, 0.05) is 18.7 Å². The fourth-order valence-electron chi connectivity index (χ4n) is 1.55. The van der Waals surface area contributed by atoms with E-state index in [9.17, 15) is 18.5 Å².